The Morgan fingerprint density at radius 2 is 1.10 bits per heavy atom. The van der Waals surface area contributed by atoms with Crippen LogP contribution in [-0.2, 0) is 13.3 Å². The first-order valence-corrected chi connectivity index (χ1v) is 20.4. The third-order valence-electron chi connectivity index (χ3n) is 8.16. The fourth-order valence-corrected chi connectivity index (χ4v) is 6.24. The van der Waals surface area contributed by atoms with Gasteiger partial charge in [-0.05, 0) is 60.0 Å². The average molecular weight is 473 g/mol. The Balaban J connectivity index is 3.10. The third kappa shape index (κ3) is 6.88. The Labute approximate surface area is 191 Å². The lowest BCUT2D eigenvalue weighted by Gasteiger charge is -2.40. The summed E-state index contributed by atoms with van der Waals surface area (Å²) in [6.07, 6.45) is 3.52. The molecule has 0 N–H and O–H groups in total. The molecule has 0 saturated heterocycles. The Hall–Kier alpha value is 0.271. The highest BCUT2D eigenvalue weighted by atomic mass is 28.4. The molecule has 30 heavy (non-hydrogen) atoms. The summed E-state index contributed by atoms with van der Waals surface area (Å²) in [5, 5.41) is 0.604. The summed E-state index contributed by atoms with van der Waals surface area (Å²) in [4.78, 5) is 0. The molecule has 0 spiro atoms. The van der Waals surface area contributed by atoms with Gasteiger partial charge in [0.1, 0.15) is 0 Å². The molecule has 6 heteroatoms. The Kier molecular flexibility index (Phi) is 8.40. The van der Waals surface area contributed by atoms with Gasteiger partial charge in [-0.2, -0.15) is 0 Å². The molecule has 0 aromatic carbocycles. The van der Waals surface area contributed by atoms with E-state index >= 15 is 0 Å². The molecule has 1 aliphatic carbocycles. The van der Waals surface area contributed by atoms with Gasteiger partial charge in [0.05, 0.1) is 18.8 Å². The van der Waals surface area contributed by atoms with E-state index in [1.165, 1.54) is 5.57 Å². The molecule has 0 bridgehead atoms. The lowest BCUT2D eigenvalue weighted by molar-refractivity contribution is 0.148. The Morgan fingerprint density at radius 3 is 1.50 bits per heavy atom. The van der Waals surface area contributed by atoms with Crippen LogP contribution in [-0.4, -0.2) is 43.8 Å². The highest BCUT2D eigenvalue weighted by molar-refractivity contribution is 6.75. The second-order valence-electron chi connectivity index (χ2n) is 13.8. The molecule has 0 fully saturated rings. The molecule has 0 aromatic rings. The van der Waals surface area contributed by atoms with E-state index in [1.54, 1.807) is 0 Å². The predicted molar refractivity (Wildman–Crippen MR) is 140 cm³/mol. The zero-order chi connectivity index (χ0) is 24.0. The summed E-state index contributed by atoms with van der Waals surface area (Å²) in [6.45, 7) is 35.5. The van der Waals surface area contributed by atoms with Crippen molar-refractivity contribution in [2.45, 2.75) is 135 Å². The lowest BCUT2D eigenvalue weighted by Crippen LogP contribution is -2.46. The maximum absolute atomic E-state index is 6.90. The normalized spacial score (nSPS) is 22.4. The van der Waals surface area contributed by atoms with Gasteiger partial charge in [0.15, 0.2) is 25.0 Å². The molecule has 0 aliphatic heterocycles. The zero-order valence-electron chi connectivity index (χ0n) is 22.9. The van der Waals surface area contributed by atoms with Crippen LogP contribution in [0.4, 0.5) is 0 Å². The van der Waals surface area contributed by atoms with Gasteiger partial charge in [-0.1, -0.05) is 68.4 Å². The van der Waals surface area contributed by atoms with Gasteiger partial charge in [-0.3, -0.25) is 0 Å². The van der Waals surface area contributed by atoms with Crippen molar-refractivity contribution >= 4 is 25.0 Å². The van der Waals surface area contributed by atoms with Gasteiger partial charge in [0.2, 0.25) is 0 Å². The summed E-state index contributed by atoms with van der Waals surface area (Å²) in [5.74, 6) is 0. The second kappa shape index (κ2) is 8.90. The molecule has 1 rings (SSSR count). The number of hydrogen-bond donors (Lipinski definition) is 0. The quantitative estimate of drug-likeness (QED) is 0.276. The monoisotopic (exact) mass is 472 g/mol. The van der Waals surface area contributed by atoms with E-state index < -0.39 is 25.0 Å². The van der Waals surface area contributed by atoms with Crippen molar-refractivity contribution in [1.29, 1.82) is 0 Å². The molecule has 0 amide bonds. The van der Waals surface area contributed by atoms with Gasteiger partial charge in [0, 0.05) is 6.42 Å². The Morgan fingerprint density at radius 1 is 0.700 bits per heavy atom. The minimum Gasteiger partial charge on any atom is -0.413 e. The highest BCUT2D eigenvalue weighted by Gasteiger charge is 2.45. The van der Waals surface area contributed by atoms with E-state index in [0.717, 1.165) is 6.42 Å². The van der Waals surface area contributed by atoms with Crippen LogP contribution in [0.15, 0.2) is 11.6 Å². The van der Waals surface area contributed by atoms with Crippen molar-refractivity contribution in [3.63, 3.8) is 0 Å². The van der Waals surface area contributed by atoms with Crippen LogP contribution in [0.1, 0.15) is 68.7 Å². The molecule has 0 aromatic heterocycles. The molecule has 0 radical (unpaired) electrons. The van der Waals surface area contributed by atoms with Crippen molar-refractivity contribution < 1.29 is 13.3 Å². The summed E-state index contributed by atoms with van der Waals surface area (Å²) in [5.41, 5.74) is 1.30. The topological polar surface area (TPSA) is 27.7 Å². The average Bonchev–Trinajstić information content (AvgIpc) is 2.81. The smallest absolute Gasteiger partial charge is 0.192 e. The fraction of sp³-hybridized carbons (Fsp3) is 0.917. The first-order chi connectivity index (χ1) is 13.0. The van der Waals surface area contributed by atoms with Crippen molar-refractivity contribution in [2.24, 2.45) is 0 Å². The molecule has 0 unspecified atom stereocenters. The van der Waals surface area contributed by atoms with E-state index in [1.807, 2.05) is 0 Å². The van der Waals surface area contributed by atoms with Gasteiger partial charge in [-0.25, -0.2) is 0 Å². The van der Waals surface area contributed by atoms with E-state index in [2.05, 4.69) is 108 Å². The zero-order valence-corrected chi connectivity index (χ0v) is 25.9. The molecule has 178 valence electrons. The van der Waals surface area contributed by atoms with Crippen LogP contribution in [0.5, 0.6) is 0 Å². The fourth-order valence-electron chi connectivity index (χ4n) is 2.69. The third-order valence-corrected chi connectivity index (χ3v) is 21.6. The molecule has 0 saturated carbocycles. The van der Waals surface area contributed by atoms with Crippen LogP contribution < -0.4 is 0 Å². The minimum absolute atomic E-state index is 0.116. The molecule has 0 heterocycles. The van der Waals surface area contributed by atoms with Gasteiger partial charge in [-0.15, -0.1) is 0 Å². The van der Waals surface area contributed by atoms with Crippen molar-refractivity contribution in [1.82, 2.24) is 0 Å². The molecule has 3 nitrogen and oxygen atoms in total. The van der Waals surface area contributed by atoms with Gasteiger partial charge >= 0.3 is 0 Å². The van der Waals surface area contributed by atoms with Crippen molar-refractivity contribution in [3.05, 3.63) is 11.6 Å². The summed E-state index contributed by atoms with van der Waals surface area (Å²) in [7, 11) is -5.53. The first kappa shape index (κ1) is 28.3. The second-order valence-corrected chi connectivity index (χ2v) is 28.1. The SMILES string of the molecule is CC(C)(C)[Si](C)(C)OCC1=C[C@H](O[Si](C)(C)C(C)(C)C)C[C@@H]1O[Si](C)(C)C(C)(C)C. The summed E-state index contributed by atoms with van der Waals surface area (Å²) < 4.78 is 20.3. The summed E-state index contributed by atoms with van der Waals surface area (Å²) >= 11 is 0. The van der Waals surface area contributed by atoms with Gasteiger partial charge < -0.3 is 13.3 Å². The van der Waals surface area contributed by atoms with Crippen LogP contribution in [0, 0.1) is 0 Å². The van der Waals surface area contributed by atoms with Crippen LogP contribution in [0.25, 0.3) is 0 Å². The minimum atomic E-state index is -1.88. The predicted octanol–water partition coefficient (Wildman–Crippen LogP) is 8.12. The molecular formula is C24H52O3Si3. The van der Waals surface area contributed by atoms with Crippen molar-refractivity contribution in [3.8, 4) is 0 Å². The maximum atomic E-state index is 6.90. The Bertz CT molecular complexity index is 617. The van der Waals surface area contributed by atoms with Crippen LogP contribution in [0.3, 0.4) is 0 Å². The standard InChI is InChI=1S/C24H52O3Si3/c1-22(2,3)28(10,11)25-18-19-16-20(26-29(12,13)23(4,5)6)17-21(19)27-30(14,15)24(7,8)9/h16,20-21H,17-18H2,1-15H3/t20-,21-/m0/s1. The first-order valence-electron chi connectivity index (χ1n) is 11.7. The maximum Gasteiger partial charge on any atom is 0.192 e. The number of hydrogen-bond acceptors (Lipinski definition) is 3. The summed E-state index contributed by atoms with van der Waals surface area (Å²) in [6, 6.07) is 0. The largest absolute Gasteiger partial charge is 0.413 e. The highest BCUT2D eigenvalue weighted by Crippen LogP contribution is 2.43. The molecule has 1 aliphatic rings. The van der Waals surface area contributed by atoms with E-state index in [0.29, 0.717) is 6.61 Å². The van der Waals surface area contributed by atoms with Gasteiger partial charge in [0.25, 0.3) is 0 Å². The van der Waals surface area contributed by atoms with E-state index in [-0.39, 0.29) is 27.3 Å². The van der Waals surface area contributed by atoms with E-state index in [4.69, 9.17) is 13.3 Å². The van der Waals surface area contributed by atoms with Crippen molar-refractivity contribution in [2.75, 3.05) is 6.61 Å². The molecule has 2 atom stereocenters. The van der Waals surface area contributed by atoms with E-state index in [9.17, 15) is 0 Å². The van der Waals surface area contributed by atoms with Crippen LogP contribution in [0.2, 0.25) is 54.4 Å². The molecular weight excluding hydrogens is 421 g/mol. The lowest BCUT2D eigenvalue weighted by atomic mass is 10.2. The number of rotatable bonds is 7. The van der Waals surface area contributed by atoms with Crippen LogP contribution >= 0.6 is 0 Å².